The molecule has 3 nitrogen and oxygen atoms in total. The molecule has 0 aliphatic carbocycles. The minimum Gasteiger partial charge on any atom is -0.504 e. The van der Waals surface area contributed by atoms with E-state index in [1.54, 1.807) is 12.1 Å². The van der Waals surface area contributed by atoms with Gasteiger partial charge in [0, 0.05) is 0 Å². The second-order valence-corrected chi connectivity index (χ2v) is 6.77. The standard InChI is InChI=1S/C21H36O3/c1-3-4-5-6-7-8-9-10-11-12-13-14-19(22)18-15-16-21(24-2)20(23)17-18/h15-17,19,22-23H,3-14H2,1-2H3. The lowest BCUT2D eigenvalue weighted by molar-refractivity contribution is 0.163. The number of aliphatic hydroxyl groups is 1. The predicted molar refractivity (Wildman–Crippen MR) is 101 cm³/mol. The van der Waals surface area contributed by atoms with Gasteiger partial charge in [-0.1, -0.05) is 83.6 Å². The first-order valence-corrected chi connectivity index (χ1v) is 9.74. The van der Waals surface area contributed by atoms with Crippen molar-refractivity contribution in [1.82, 2.24) is 0 Å². The van der Waals surface area contributed by atoms with E-state index in [0.717, 1.165) is 18.4 Å². The van der Waals surface area contributed by atoms with Crippen molar-refractivity contribution in [1.29, 1.82) is 0 Å². The number of unbranched alkanes of at least 4 members (excludes halogenated alkanes) is 10. The molecule has 1 unspecified atom stereocenters. The van der Waals surface area contributed by atoms with Gasteiger partial charge in [-0.25, -0.2) is 0 Å². The summed E-state index contributed by atoms with van der Waals surface area (Å²) in [6.07, 6.45) is 14.6. The lowest BCUT2D eigenvalue weighted by Gasteiger charge is -2.12. The van der Waals surface area contributed by atoms with Gasteiger partial charge in [0.2, 0.25) is 0 Å². The van der Waals surface area contributed by atoms with Crippen LogP contribution < -0.4 is 4.74 Å². The molecule has 1 rings (SSSR count). The van der Waals surface area contributed by atoms with Crippen LogP contribution in [0.2, 0.25) is 0 Å². The Labute approximate surface area is 148 Å². The first-order chi connectivity index (χ1) is 11.7. The second-order valence-electron chi connectivity index (χ2n) is 6.77. The largest absolute Gasteiger partial charge is 0.504 e. The Morgan fingerprint density at radius 2 is 1.42 bits per heavy atom. The summed E-state index contributed by atoms with van der Waals surface area (Å²) >= 11 is 0. The van der Waals surface area contributed by atoms with Gasteiger partial charge < -0.3 is 14.9 Å². The average molecular weight is 337 g/mol. The Kier molecular flexibility index (Phi) is 11.4. The summed E-state index contributed by atoms with van der Waals surface area (Å²) < 4.78 is 5.02. The van der Waals surface area contributed by atoms with Gasteiger partial charge in [0.15, 0.2) is 11.5 Å². The molecule has 24 heavy (non-hydrogen) atoms. The lowest BCUT2D eigenvalue weighted by atomic mass is 10.0. The number of benzene rings is 1. The molecule has 0 amide bonds. The molecule has 3 heteroatoms. The molecule has 1 aromatic rings. The van der Waals surface area contributed by atoms with Crippen molar-refractivity contribution in [2.45, 2.75) is 90.1 Å². The van der Waals surface area contributed by atoms with E-state index in [-0.39, 0.29) is 5.75 Å². The van der Waals surface area contributed by atoms with Crippen LogP contribution in [0.1, 0.15) is 95.6 Å². The average Bonchev–Trinajstić information content (AvgIpc) is 2.59. The summed E-state index contributed by atoms with van der Waals surface area (Å²) in [4.78, 5) is 0. The molecule has 0 fully saturated rings. The Bertz CT molecular complexity index is 431. The fraction of sp³-hybridized carbons (Fsp3) is 0.714. The van der Waals surface area contributed by atoms with E-state index in [1.165, 1.54) is 71.3 Å². The number of hydrogen-bond donors (Lipinski definition) is 2. The highest BCUT2D eigenvalue weighted by Crippen LogP contribution is 2.30. The smallest absolute Gasteiger partial charge is 0.160 e. The van der Waals surface area contributed by atoms with Gasteiger partial charge in [-0.3, -0.25) is 0 Å². The molecule has 138 valence electrons. The third-order valence-electron chi connectivity index (χ3n) is 4.67. The highest BCUT2D eigenvalue weighted by atomic mass is 16.5. The fourth-order valence-corrected chi connectivity index (χ4v) is 3.08. The van der Waals surface area contributed by atoms with Crippen LogP contribution in [0.4, 0.5) is 0 Å². The highest BCUT2D eigenvalue weighted by Gasteiger charge is 2.10. The molecule has 0 aliphatic heterocycles. The van der Waals surface area contributed by atoms with Crippen molar-refractivity contribution < 1.29 is 14.9 Å². The molecule has 0 heterocycles. The molecule has 2 N–H and O–H groups in total. The number of aromatic hydroxyl groups is 1. The predicted octanol–water partition coefficient (Wildman–Crippen LogP) is 6.14. The number of methoxy groups -OCH3 is 1. The number of hydrogen-bond acceptors (Lipinski definition) is 3. The van der Waals surface area contributed by atoms with Crippen LogP contribution in [-0.2, 0) is 0 Å². The van der Waals surface area contributed by atoms with Crippen molar-refractivity contribution in [3.8, 4) is 11.5 Å². The normalized spacial score (nSPS) is 12.3. The molecule has 0 aromatic heterocycles. The molecule has 0 aliphatic rings. The Morgan fingerprint density at radius 1 is 0.875 bits per heavy atom. The maximum Gasteiger partial charge on any atom is 0.160 e. The zero-order valence-electron chi connectivity index (χ0n) is 15.6. The Hall–Kier alpha value is -1.22. The summed E-state index contributed by atoms with van der Waals surface area (Å²) in [6.45, 7) is 2.26. The Balaban J connectivity index is 2.03. The first kappa shape index (κ1) is 20.8. The molecule has 0 saturated carbocycles. The number of ether oxygens (including phenoxy) is 1. The van der Waals surface area contributed by atoms with Crippen LogP contribution in [0.3, 0.4) is 0 Å². The molecular formula is C21H36O3. The van der Waals surface area contributed by atoms with Crippen LogP contribution in [0.25, 0.3) is 0 Å². The van der Waals surface area contributed by atoms with Crippen LogP contribution in [0.5, 0.6) is 11.5 Å². The lowest BCUT2D eigenvalue weighted by Crippen LogP contribution is -1.98. The van der Waals surface area contributed by atoms with E-state index in [4.69, 9.17) is 4.74 Å². The van der Waals surface area contributed by atoms with Gasteiger partial charge in [0.1, 0.15) is 0 Å². The van der Waals surface area contributed by atoms with Crippen LogP contribution in [0, 0.1) is 0 Å². The molecular weight excluding hydrogens is 300 g/mol. The molecule has 0 bridgehead atoms. The van der Waals surface area contributed by atoms with Crippen molar-refractivity contribution in [2.75, 3.05) is 7.11 Å². The summed E-state index contributed by atoms with van der Waals surface area (Å²) in [5.41, 5.74) is 0.764. The van der Waals surface area contributed by atoms with Gasteiger partial charge in [-0.05, 0) is 24.1 Å². The summed E-state index contributed by atoms with van der Waals surface area (Å²) in [5, 5.41) is 20.0. The molecule has 0 saturated heterocycles. The minimum atomic E-state index is -0.500. The highest BCUT2D eigenvalue weighted by molar-refractivity contribution is 5.42. The van der Waals surface area contributed by atoms with Crippen LogP contribution in [-0.4, -0.2) is 17.3 Å². The molecule has 0 spiro atoms. The van der Waals surface area contributed by atoms with Gasteiger partial charge in [0.25, 0.3) is 0 Å². The monoisotopic (exact) mass is 336 g/mol. The quantitative estimate of drug-likeness (QED) is 0.401. The van der Waals surface area contributed by atoms with Gasteiger partial charge >= 0.3 is 0 Å². The second kappa shape index (κ2) is 13.1. The summed E-state index contributed by atoms with van der Waals surface area (Å²) in [5.74, 6) is 0.536. The number of phenols is 1. The van der Waals surface area contributed by atoms with Crippen molar-refractivity contribution in [3.05, 3.63) is 23.8 Å². The third-order valence-corrected chi connectivity index (χ3v) is 4.67. The van der Waals surface area contributed by atoms with Crippen molar-refractivity contribution >= 4 is 0 Å². The first-order valence-electron chi connectivity index (χ1n) is 9.74. The van der Waals surface area contributed by atoms with Gasteiger partial charge in [0.05, 0.1) is 13.2 Å². The van der Waals surface area contributed by atoms with Gasteiger partial charge in [-0.2, -0.15) is 0 Å². The van der Waals surface area contributed by atoms with Crippen molar-refractivity contribution in [2.24, 2.45) is 0 Å². The maximum absolute atomic E-state index is 10.2. The maximum atomic E-state index is 10.2. The topological polar surface area (TPSA) is 49.7 Å². The van der Waals surface area contributed by atoms with E-state index in [1.807, 2.05) is 6.07 Å². The number of phenolic OH excluding ortho intramolecular Hbond substituents is 1. The molecule has 1 atom stereocenters. The zero-order chi connectivity index (χ0) is 17.6. The van der Waals surface area contributed by atoms with E-state index in [0.29, 0.717) is 5.75 Å². The third kappa shape index (κ3) is 8.58. The summed E-state index contributed by atoms with van der Waals surface area (Å²) in [7, 11) is 1.52. The van der Waals surface area contributed by atoms with Crippen molar-refractivity contribution in [3.63, 3.8) is 0 Å². The number of aliphatic hydroxyl groups excluding tert-OH is 1. The SMILES string of the molecule is CCCCCCCCCCCCCC(O)c1ccc(OC)c(O)c1. The number of rotatable bonds is 14. The van der Waals surface area contributed by atoms with E-state index in [9.17, 15) is 10.2 Å². The van der Waals surface area contributed by atoms with Crippen LogP contribution >= 0.6 is 0 Å². The summed E-state index contributed by atoms with van der Waals surface area (Å²) in [6, 6.07) is 5.12. The molecule has 1 aromatic carbocycles. The van der Waals surface area contributed by atoms with Crippen LogP contribution in [0.15, 0.2) is 18.2 Å². The Morgan fingerprint density at radius 3 is 1.92 bits per heavy atom. The minimum absolute atomic E-state index is 0.0907. The van der Waals surface area contributed by atoms with E-state index in [2.05, 4.69) is 6.92 Å². The van der Waals surface area contributed by atoms with E-state index < -0.39 is 6.10 Å². The molecule has 0 radical (unpaired) electrons. The van der Waals surface area contributed by atoms with Gasteiger partial charge in [-0.15, -0.1) is 0 Å². The van der Waals surface area contributed by atoms with E-state index >= 15 is 0 Å². The fourth-order valence-electron chi connectivity index (χ4n) is 3.08. The zero-order valence-corrected chi connectivity index (χ0v) is 15.6.